The Kier molecular flexibility index (Phi) is 5.31. The van der Waals surface area contributed by atoms with Crippen molar-refractivity contribution < 1.29 is 4.79 Å². The zero-order valence-electron chi connectivity index (χ0n) is 13.4. The topological polar surface area (TPSA) is 78.1 Å². The fourth-order valence-electron chi connectivity index (χ4n) is 2.24. The molecule has 2 rings (SSSR count). The van der Waals surface area contributed by atoms with Crippen molar-refractivity contribution in [2.45, 2.75) is 33.2 Å². The Hall–Kier alpha value is -1.73. The lowest BCUT2D eigenvalue weighted by Gasteiger charge is -2.07. The number of hydrogen-bond donors (Lipinski definition) is 2. The van der Waals surface area contributed by atoms with E-state index in [1.54, 1.807) is 6.92 Å². The van der Waals surface area contributed by atoms with E-state index < -0.39 is 0 Å². The number of amides is 1. The van der Waals surface area contributed by atoms with Crippen molar-refractivity contribution in [3.63, 3.8) is 0 Å². The van der Waals surface area contributed by atoms with E-state index in [1.165, 1.54) is 11.3 Å². The fourth-order valence-corrected chi connectivity index (χ4v) is 3.36. The first-order valence-electron chi connectivity index (χ1n) is 7.39. The maximum absolute atomic E-state index is 12.3. The minimum atomic E-state index is -0.178. The van der Waals surface area contributed by atoms with Crippen LogP contribution in [0.2, 0.25) is 0 Å². The third-order valence-electron chi connectivity index (χ3n) is 3.34. The highest BCUT2D eigenvalue weighted by Gasteiger charge is 2.19. The average molecular weight is 322 g/mol. The van der Waals surface area contributed by atoms with Gasteiger partial charge in [-0.15, -0.1) is 11.3 Å². The summed E-state index contributed by atoms with van der Waals surface area (Å²) >= 11 is 1.28. The zero-order valence-corrected chi connectivity index (χ0v) is 14.3. The molecular weight excluding hydrogens is 300 g/mol. The van der Waals surface area contributed by atoms with Gasteiger partial charge in [0.15, 0.2) is 0 Å². The number of unbranched alkanes of at least 4 members (excludes halogenated alkanes) is 1. The molecule has 0 aliphatic heterocycles. The van der Waals surface area contributed by atoms with E-state index in [1.807, 2.05) is 19.0 Å². The van der Waals surface area contributed by atoms with E-state index in [0.29, 0.717) is 39.6 Å². The van der Waals surface area contributed by atoms with Gasteiger partial charge in [-0.05, 0) is 33.0 Å². The summed E-state index contributed by atoms with van der Waals surface area (Å²) in [6, 6.07) is 0. The van der Waals surface area contributed by atoms with Gasteiger partial charge in [-0.1, -0.05) is 13.3 Å². The Morgan fingerprint density at radius 1 is 1.41 bits per heavy atom. The Labute approximate surface area is 133 Å². The number of hydrogen-bond acceptors (Lipinski definition) is 5. The summed E-state index contributed by atoms with van der Waals surface area (Å²) in [6.07, 6.45) is 1.97. The zero-order chi connectivity index (χ0) is 16.3. The molecule has 0 aromatic carbocycles. The molecule has 22 heavy (non-hydrogen) atoms. The van der Waals surface area contributed by atoms with E-state index in [2.05, 4.69) is 22.2 Å². The van der Waals surface area contributed by atoms with E-state index in [9.17, 15) is 9.59 Å². The van der Waals surface area contributed by atoms with Crippen LogP contribution in [0.3, 0.4) is 0 Å². The number of aryl methyl sites for hydroxylation is 1. The number of nitrogens with zero attached hydrogens (tertiary/aromatic N) is 2. The van der Waals surface area contributed by atoms with Gasteiger partial charge in [0.05, 0.1) is 16.8 Å². The third-order valence-corrected chi connectivity index (χ3v) is 4.52. The molecule has 0 saturated heterocycles. The van der Waals surface area contributed by atoms with Crippen molar-refractivity contribution in [2.24, 2.45) is 0 Å². The van der Waals surface area contributed by atoms with Crippen molar-refractivity contribution in [1.82, 2.24) is 20.2 Å². The normalized spacial score (nSPS) is 11.3. The van der Waals surface area contributed by atoms with Gasteiger partial charge >= 0.3 is 0 Å². The first kappa shape index (κ1) is 16.6. The Morgan fingerprint density at radius 2 is 2.14 bits per heavy atom. The quantitative estimate of drug-likeness (QED) is 0.796. The number of fused-ring (bicyclic) bond motifs is 1. The fraction of sp³-hybridized carbons (Fsp3) is 0.533. The van der Waals surface area contributed by atoms with Crippen LogP contribution in [-0.4, -0.2) is 41.4 Å². The summed E-state index contributed by atoms with van der Waals surface area (Å²) in [5.74, 6) is 0.490. The van der Waals surface area contributed by atoms with Crippen LogP contribution < -0.4 is 10.9 Å². The molecule has 0 saturated carbocycles. The summed E-state index contributed by atoms with van der Waals surface area (Å²) in [5, 5.41) is 3.41. The van der Waals surface area contributed by atoms with Gasteiger partial charge in [0.25, 0.3) is 11.5 Å². The van der Waals surface area contributed by atoms with Gasteiger partial charge in [-0.2, -0.15) is 0 Å². The lowest BCUT2D eigenvalue weighted by molar-refractivity contribution is 0.0957. The molecule has 0 atom stereocenters. The van der Waals surface area contributed by atoms with Gasteiger partial charge in [0.1, 0.15) is 10.7 Å². The number of thiophene rings is 1. The molecule has 0 aliphatic rings. The maximum Gasteiger partial charge on any atom is 0.261 e. The molecule has 2 aromatic rings. The minimum absolute atomic E-state index is 0.123. The summed E-state index contributed by atoms with van der Waals surface area (Å²) in [4.78, 5) is 34.9. The molecule has 0 bridgehead atoms. The number of carbonyl (C=O) groups excluding carboxylic acids is 1. The van der Waals surface area contributed by atoms with E-state index in [0.717, 1.165) is 12.8 Å². The second-order valence-electron chi connectivity index (χ2n) is 5.60. The average Bonchev–Trinajstić information content (AvgIpc) is 2.75. The molecule has 1 amide bonds. The molecule has 0 fully saturated rings. The highest BCUT2D eigenvalue weighted by atomic mass is 32.1. The maximum atomic E-state index is 12.3. The number of H-pyrrole nitrogens is 1. The van der Waals surface area contributed by atoms with Crippen molar-refractivity contribution in [3.8, 4) is 0 Å². The molecule has 6 nitrogen and oxygen atoms in total. The number of aromatic nitrogens is 2. The molecule has 0 aliphatic carbocycles. The van der Waals surface area contributed by atoms with Crippen LogP contribution in [0, 0.1) is 6.92 Å². The van der Waals surface area contributed by atoms with Crippen molar-refractivity contribution in [1.29, 1.82) is 0 Å². The van der Waals surface area contributed by atoms with Crippen molar-refractivity contribution >= 4 is 27.5 Å². The number of rotatable bonds is 6. The number of carbonyl (C=O) groups is 1. The highest BCUT2D eigenvalue weighted by molar-refractivity contribution is 7.20. The van der Waals surface area contributed by atoms with Gasteiger partial charge in [-0.25, -0.2) is 4.98 Å². The largest absolute Gasteiger partial charge is 0.351 e. The van der Waals surface area contributed by atoms with Gasteiger partial charge < -0.3 is 15.2 Å². The summed E-state index contributed by atoms with van der Waals surface area (Å²) in [7, 11) is 3.83. The number of aromatic amines is 1. The van der Waals surface area contributed by atoms with Crippen LogP contribution in [0.4, 0.5) is 0 Å². The molecule has 0 radical (unpaired) electrons. The summed E-state index contributed by atoms with van der Waals surface area (Å²) < 4.78 is 0. The molecular formula is C15H22N4O2S. The smallest absolute Gasteiger partial charge is 0.261 e. The Morgan fingerprint density at radius 3 is 2.77 bits per heavy atom. The molecule has 2 heterocycles. The van der Waals surface area contributed by atoms with Gasteiger partial charge in [0.2, 0.25) is 0 Å². The second-order valence-corrected chi connectivity index (χ2v) is 6.60. The van der Waals surface area contributed by atoms with Crippen LogP contribution in [0.15, 0.2) is 4.79 Å². The first-order chi connectivity index (χ1) is 10.4. The second kappa shape index (κ2) is 7.02. The Bertz CT molecular complexity index is 733. The van der Waals surface area contributed by atoms with Crippen LogP contribution in [0.25, 0.3) is 10.2 Å². The monoisotopic (exact) mass is 322 g/mol. The molecule has 0 unspecified atom stereocenters. The molecule has 7 heteroatoms. The molecule has 2 aromatic heterocycles. The van der Waals surface area contributed by atoms with Gasteiger partial charge in [0, 0.05) is 6.54 Å². The Balaban J connectivity index is 2.38. The minimum Gasteiger partial charge on any atom is -0.351 e. The van der Waals surface area contributed by atoms with E-state index in [-0.39, 0.29) is 11.5 Å². The predicted molar refractivity (Wildman–Crippen MR) is 89.6 cm³/mol. The first-order valence-corrected chi connectivity index (χ1v) is 8.21. The molecule has 2 N–H and O–H groups in total. The predicted octanol–water partition coefficient (Wildman–Crippen LogP) is 1.88. The van der Waals surface area contributed by atoms with Crippen molar-refractivity contribution in [2.75, 3.05) is 20.6 Å². The summed E-state index contributed by atoms with van der Waals surface area (Å²) in [6.45, 7) is 5.08. The van der Waals surface area contributed by atoms with Crippen LogP contribution >= 0.6 is 11.3 Å². The van der Waals surface area contributed by atoms with Gasteiger partial charge in [-0.3, -0.25) is 9.59 Å². The molecule has 120 valence electrons. The standard InChI is InChI=1S/C15H22N4O2S/c1-5-6-7-16-14(21)12-9(2)11-13(20)17-10(8-19(3)4)18-15(11)22-12/h5-8H2,1-4H3,(H,16,21)(H,17,18,20). The molecule has 0 spiro atoms. The van der Waals surface area contributed by atoms with E-state index >= 15 is 0 Å². The summed E-state index contributed by atoms with van der Waals surface area (Å²) in [5.41, 5.74) is 0.530. The number of nitrogens with one attached hydrogen (secondary N) is 2. The lowest BCUT2D eigenvalue weighted by atomic mass is 10.2. The van der Waals surface area contributed by atoms with Crippen LogP contribution in [0.1, 0.15) is 40.8 Å². The third kappa shape index (κ3) is 3.53. The lowest BCUT2D eigenvalue weighted by Crippen LogP contribution is -2.24. The van der Waals surface area contributed by atoms with E-state index in [4.69, 9.17) is 0 Å². The highest BCUT2D eigenvalue weighted by Crippen LogP contribution is 2.26. The van der Waals surface area contributed by atoms with Crippen LogP contribution in [-0.2, 0) is 6.54 Å². The van der Waals surface area contributed by atoms with Crippen LogP contribution in [0.5, 0.6) is 0 Å². The SMILES string of the molecule is CCCCNC(=O)c1sc2nc(CN(C)C)[nH]c(=O)c2c1C. The van der Waals surface area contributed by atoms with Crippen molar-refractivity contribution in [3.05, 3.63) is 26.6 Å².